The summed E-state index contributed by atoms with van der Waals surface area (Å²) in [6.45, 7) is 0. The van der Waals surface area contributed by atoms with Crippen LogP contribution in [0.1, 0.15) is 22.3 Å². The second-order valence-electron chi connectivity index (χ2n) is 7.89. The van der Waals surface area contributed by atoms with Gasteiger partial charge in [-0.3, -0.25) is 0 Å². The van der Waals surface area contributed by atoms with Crippen molar-refractivity contribution in [2.45, 2.75) is 11.2 Å². The Morgan fingerprint density at radius 2 is 1.10 bits per heavy atom. The third-order valence-electron chi connectivity index (χ3n) is 6.39. The highest BCUT2D eigenvalue weighted by molar-refractivity contribution is 6.32. The molecule has 0 amide bonds. The smallest absolute Gasteiger partial charge is 0.122 e. The van der Waals surface area contributed by atoms with Gasteiger partial charge in [-0.1, -0.05) is 109 Å². The van der Waals surface area contributed by atoms with E-state index in [-0.39, 0.29) is 11.8 Å². The molecule has 2 radical (unpaired) electrons. The average Bonchev–Trinajstić information content (AvgIpc) is 2.78. The zero-order valence-corrected chi connectivity index (χ0v) is 15.9. The molecule has 0 fully saturated rings. The summed E-state index contributed by atoms with van der Waals surface area (Å²) in [6.07, 6.45) is 7.89. The molecular weight excluding hydrogens is 355 g/mol. The molecule has 3 aromatic rings. The van der Waals surface area contributed by atoms with Crippen LogP contribution in [0.2, 0.25) is 0 Å². The van der Waals surface area contributed by atoms with Crippen LogP contribution in [-0.2, 0) is 11.2 Å². The Morgan fingerprint density at radius 1 is 0.621 bits per heavy atom. The Balaban J connectivity index is 1.87. The lowest BCUT2D eigenvalue weighted by molar-refractivity contribution is -0.0715. The van der Waals surface area contributed by atoms with E-state index in [1.807, 2.05) is 91.0 Å². The predicted octanol–water partition coefficient (Wildman–Crippen LogP) is 3.32. The number of rotatable bonds is 2. The van der Waals surface area contributed by atoms with Gasteiger partial charge in [0.1, 0.15) is 19.0 Å². The van der Waals surface area contributed by atoms with Gasteiger partial charge in [-0.05, 0) is 22.3 Å². The Labute approximate surface area is 172 Å². The first-order valence-electron chi connectivity index (χ1n) is 9.87. The summed E-state index contributed by atoms with van der Waals surface area (Å²) in [4.78, 5) is 0. The molecule has 3 aromatic carbocycles. The van der Waals surface area contributed by atoms with Gasteiger partial charge < -0.3 is 10.2 Å². The summed E-state index contributed by atoms with van der Waals surface area (Å²) in [5.41, 5.74) is 0.896. The number of benzene rings is 3. The normalized spacial score (nSPS) is 29.9. The van der Waals surface area contributed by atoms with E-state index in [1.165, 1.54) is 0 Å². The fourth-order valence-electron chi connectivity index (χ4n) is 5.05. The molecule has 140 valence electrons. The van der Waals surface area contributed by atoms with Crippen LogP contribution in [0, 0.1) is 11.8 Å². The fourth-order valence-corrected chi connectivity index (χ4v) is 5.05. The van der Waals surface area contributed by atoms with Crippen LogP contribution in [0.25, 0.3) is 0 Å². The highest BCUT2D eigenvalue weighted by Gasteiger charge is 2.57. The standard InChI is InChI=1S/C26H21BO2/c27-20-15-16-23-24(17-20)26(29,19-11-5-2-6-12-19)22-14-8-7-13-21(22)25(23,28)18-9-3-1-4-10-18/h1-17,21-22,28-29H. The number of hydrogen-bond acceptors (Lipinski definition) is 2. The third-order valence-corrected chi connectivity index (χ3v) is 6.39. The summed E-state index contributed by atoms with van der Waals surface area (Å²) >= 11 is 0. The van der Waals surface area contributed by atoms with Crippen molar-refractivity contribution in [3.8, 4) is 0 Å². The molecule has 0 spiro atoms. The van der Waals surface area contributed by atoms with Gasteiger partial charge in [-0.2, -0.15) is 0 Å². The van der Waals surface area contributed by atoms with Crippen molar-refractivity contribution in [1.29, 1.82) is 0 Å². The molecule has 0 bridgehead atoms. The van der Waals surface area contributed by atoms with Crippen LogP contribution in [0.15, 0.2) is 103 Å². The van der Waals surface area contributed by atoms with E-state index in [4.69, 9.17) is 7.85 Å². The molecule has 0 saturated heterocycles. The lowest BCUT2D eigenvalue weighted by Crippen LogP contribution is -2.54. The maximum absolute atomic E-state index is 12.2. The third kappa shape index (κ3) is 2.51. The van der Waals surface area contributed by atoms with Gasteiger partial charge >= 0.3 is 0 Å². The van der Waals surface area contributed by atoms with Crippen molar-refractivity contribution in [1.82, 2.24) is 0 Å². The largest absolute Gasteiger partial charge is 0.380 e. The van der Waals surface area contributed by atoms with Gasteiger partial charge in [-0.15, -0.1) is 0 Å². The molecule has 2 aliphatic rings. The van der Waals surface area contributed by atoms with Crippen LogP contribution in [0.4, 0.5) is 0 Å². The van der Waals surface area contributed by atoms with Crippen molar-refractivity contribution >= 4 is 13.3 Å². The highest BCUT2D eigenvalue weighted by atomic mass is 16.3. The Bertz CT molecular complexity index is 1110. The second kappa shape index (κ2) is 6.58. The summed E-state index contributed by atoms with van der Waals surface area (Å²) in [5.74, 6) is -0.689. The minimum Gasteiger partial charge on any atom is -0.380 e. The Hall–Kier alpha value is -2.88. The van der Waals surface area contributed by atoms with Crippen molar-refractivity contribution in [2.24, 2.45) is 11.8 Å². The summed E-state index contributed by atoms with van der Waals surface area (Å²) in [7, 11) is 6.15. The molecule has 2 N–H and O–H groups in total. The van der Waals surface area contributed by atoms with Crippen LogP contribution in [0.5, 0.6) is 0 Å². The van der Waals surface area contributed by atoms with Crippen molar-refractivity contribution in [3.63, 3.8) is 0 Å². The number of allylic oxidation sites excluding steroid dienone is 2. The molecule has 0 heterocycles. The monoisotopic (exact) mass is 376 g/mol. The van der Waals surface area contributed by atoms with Crippen molar-refractivity contribution in [3.05, 3.63) is 125 Å². The lowest BCUT2D eigenvalue weighted by Gasteiger charge is -2.53. The first-order chi connectivity index (χ1) is 14.1. The van der Waals surface area contributed by atoms with Crippen LogP contribution >= 0.6 is 0 Å². The molecule has 5 rings (SSSR count). The lowest BCUT2D eigenvalue weighted by atomic mass is 9.54. The van der Waals surface area contributed by atoms with Crippen molar-refractivity contribution < 1.29 is 10.2 Å². The number of aliphatic hydroxyl groups is 2. The van der Waals surface area contributed by atoms with E-state index in [9.17, 15) is 10.2 Å². The van der Waals surface area contributed by atoms with E-state index in [2.05, 4.69) is 0 Å². The Morgan fingerprint density at radius 3 is 1.62 bits per heavy atom. The highest BCUT2D eigenvalue weighted by Crippen LogP contribution is 2.57. The zero-order valence-electron chi connectivity index (χ0n) is 15.9. The summed E-state index contributed by atoms with van der Waals surface area (Å²) < 4.78 is 0. The molecule has 4 atom stereocenters. The van der Waals surface area contributed by atoms with Gasteiger partial charge in [-0.25, -0.2) is 0 Å². The van der Waals surface area contributed by atoms with E-state index in [0.29, 0.717) is 16.6 Å². The van der Waals surface area contributed by atoms with E-state index in [1.54, 1.807) is 12.1 Å². The molecule has 0 aliphatic heterocycles. The maximum atomic E-state index is 12.2. The van der Waals surface area contributed by atoms with Crippen LogP contribution in [0.3, 0.4) is 0 Å². The van der Waals surface area contributed by atoms with Crippen LogP contribution in [-0.4, -0.2) is 18.1 Å². The van der Waals surface area contributed by atoms with Gasteiger partial charge in [0.05, 0.1) is 0 Å². The first kappa shape index (κ1) is 18.2. The zero-order chi connectivity index (χ0) is 20.1. The summed E-state index contributed by atoms with van der Waals surface area (Å²) in [5, 5.41) is 24.5. The van der Waals surface area contributed by atoms with Gasteiger partial charge in [0, 0.05) is 11.8 Å². The quantitative estimate of drug-likeness (QED) is 0.674. The van der Waals surface area contributed by atoms with Crippen LogP contribution < -0.4 is 5.46 Å². The predicted molar refractivity (Wildman–Crippen MR) is 116 cm³/mol. The van der Waals surface area contributed by atoms with Gasteiger partial charge in [0.2, 0.25) is 0 Å². The number of fused-ring (bicyclic) bond motifs is 2. The first-order valence-corrected chi connectivity index (χ1v) is 9.87. The molecule has 2 aliphatic carbocycles. The van der Waals surface area contributed by atoms with Crippen molar-refractivity contribution in [2.75, 3.05) is 0 Å². The molecule has 3 heteroatoms. The van der Waals surface area contributed by atoms with E-state index in [0.717, 1.165) is 11.1 Å². The minimum atomic E-state index is -1.31. The van der Waals surface area contributed by atoms with Gasteiger partial charge in [0.25, 0.3) is 0 Å². The Kier molecular flexibility index (Phi) is 4.13. The van der Waals surface area contributed by atoms with E-state index >= 15 is 0 Å². The number of hydrogen-bond donors (Lipinski definition) is 2. The molecule has 4 unspecified atom stereocenters. The minimum absolute atomic E-state index is 0.337. The molecule has 2 nitrogen and oxygen atoms in total. The molecule has 0 saturated carbocycles. The second-order valence-corrected chi connectivity index (χ2v) is 7.89. The van der Waals surface area contributed by atoms with E-state index < -0.39 is 11.2 Å². The molecular formula is C26H21BO2. The molecule has 29 heavy (non-hydrogen) atoms. The SMILES string of the molecule is [B]c1ccc2c(c1)C(O)(c1ccccc1)C1C=CC=CC1C2(O)c1ccccc1. The maximum Gasteiger partial charge on any atom is 0.122 e. The topological polar surface area (TPSA) is 40.5 Å². The van der Waals surface area contributed by atoms with Gasteiger partial charge in [0.15, 0.2) is 0 Å². The fraction of sp³-hybridized carbons (Fsp3) is 0.154. The molecule has 0 aromatic heterocycles. The summed E-state index contributed by atoms with van der Waals surface area (Å²) in [6, 6.07) is 24.8. The average molecular weight is 376 g/mol.